The predicted molar refractivity (Wildman–Crippen MR) is 53.3 cm³/mol. The van der Waals surface area contributed by atoms with Gasteiger partial charge in [-0.25, -0.2) is 0 Å². The molecule has 2 rings (SSSR count). The van der Waals surface area contributed by atoms with Gasteiger partial charge in [0.25, 0.3) is 11.7 Å². The van der Waals surface area contributed by atoms with Gasteiger partial charge in [-0.1, -0.05) is 0 Å². The Labute approximate surface area is 90.1 Å². The highest BCUT2D eigenvalue weighted by Gasteiger charge is 2.10. The van der Waals surface area contributed by atoms with Crippen molar-refractivity contribution in [1.29, 1.82) is 5.26 Å². The van der Waals surface area contributed by atoms with Crippen LogP contribution in [0.15, 0.2) is 24.3 Å². The van der Waals surface area contributed by atoms with Gasteiger partial charge in [0.05, 0.1) is 11.6 Å². The van der Waals surface area contributed by atoms with E-state index in [2.05, 4.69) is 25.9 Å². The average Bonchev–Trinajstić information content (AvgIpc) is 2.83. The second-order valence-corrected chi connectivity index (χ2v) is 2.88. The van der Waals surface area contributed by atoms with Gasteiger partial charge in [-0.15, -0.1) is 10.2 Å². The van der Waals surface area contributed by atoms with Gasteiger partial charge in [-0.2, -0.15) is 10.5 Å². The van der Waals surface area contributed by atoms with Crippen molar-refractivity contribution in [2.24, 2.45) is 0 Å². The Balaban J connectivity index is 2.10. The van der Waals surface area contributed by atoms with E-state index in [1.807, 2.05) is 6.07 Å². The van der Waals surface area contributed by atoms with E-state index >= 15 is 0 Å². The molecule has 0 spiro atoms. The molecule has 1 aromatic carbocycles. The van der Waals surface area contributed by atoms with Crippen LogP contribution in [0.2, 0.25) is 0 Å². The van der Waals surface area contributed by atoms with Gasteiger partial charge < -0.3 is 5.32 Å². The van der Waals surface area contributed by atoms with Gasteiger partial charge in [-0.3, -0.25) is 4.79 Å². The lowest BCUT2D eigenvalue weighted by molar-refractivity contribution is 0.101. The molecular formula is C9H6N6O. The summed E-state index contributed by atoms with van der Waals surface area (Å²) in [6, 6.07) is 8.43. The molecule has 0 bridgehead atoms. The number of nitrogens with zero attached hydrogens (tertiary/aromatic N) is 4. The zero-order valence-electron chi connectivity index (χ0n) is 8.01. The summed E-state index contributed by atoms with van der Waals surface area (Å²) in [7, 11) is 0. The van der Waals surface area contributed by atoms with E-state index in [0.29, 0.717) is 11.3 Å². The molecule has 0 saturated carbocycles. The first-order chi connectivity index (χ1) is 7.79. The van der Waals surface area contributed by atoms with Gasteiger partial charge in [0.15, 0.2) is 0 Å². The minimum absolute atomic E-state index is 0.0376. The summed E-state index contributed by atoms with van der Waals surface area (Å²) in [6.45, 7) is 0. The normalized spacial score (nSPS) is 9.44. The minimum atomic E-state index is -0.460. The summed E-state index contributed by atoms with van der Waals surface area (Å²) >= 11 is 0. The molecule has 0 radical (unpaired) electrons. The SMILES string of the molecule is N#Cc1ccc(NC(=O)c2nn[nH]n2)cc1. The fourth-order valence-electron chi connectivity index (χ4n) is 1.07. The number of carbonyl (C=O) groups is 1. The summed E-state index contributed by atoms with van der Waals surface area (Å²) < 4.78 is 0. The number of nitriles is 1. The fourth-order valence-corrected chi connectivity index (χ4v) is 1.07. The summed E-state index contributed by atoms with van der Waals surface area (Å²) in [5, 5.41) is 23.7. The number of tetrazole rings is 1. The molecule has 2 aromatic rings. The average molecular weight is 214 g/mol. The number of hydrogen-bond donors (Lipinski definition) is 2. The highest BCUT2D eigenvalue weighted by molar-refractivity contribution is 6.01. The number of aromatic amines is 1. The van der Waals surface area contributed by atoms with Crippen molar-refractivity contribution in [1.82, 2.24) is 20.6 Å². The Kier molecular flexibility index (Phi) is 2.56. The van der Waals surface area contributed by atoms with Crippen LogP contribution in [0.3, 0.4) is 0 Å². The maximum absolute atomic E-state index is 11.5. The first-order valence-corrected chi connectivity index (χ1v) is 4.34. The molecule has 0 unspecified atom stereocenters. The van der Waals surface area contributed by atoms with Crippen LogP contribution >= 0.6 is 0 Å². The van der Waals surface area contributed by atoms with Crippen molar-refractivity contribution in [2.45, 2.75) is 0 Å². The molecule has 0 aliphatic carbocycles. The van der Waals surface area contributed by atoms with Crippen LogP contribution in [0.5, 0.6) is 0 Å². The summed E-state index contributed by atoms with van der Waals surface area (Å²) in [6.07, 6.45) is 0. The molecule has 0 saturated heterocycles. The van der Waals surface area contributed by atoms with E-state index in [0.717, 1.165) is 0 Å². The van der Waals surface area contributed by atoms with Crippen molar-refractivity contribution < 1.29 is 4.79 Å². The van der Waals surface area contributed by atoms with E-state index in [9.17, 15) is 4.79 Å². The van der Waals surface area contributed by atoms with Gasteiger partial charge in [-0.05, 0) is 29.5 Å². The Morgan fingerprint density at radius 1 is 1.38 bits per heavy atom. The van der Waals surface area contributed by atoms with E-state index in [1.165, 1.54) is 0 Å². The first kappa shape index (κ1) is 9.79. The highest BCUT2D eigenvalue weighted by atomic mass is 16.2. The lowest BCUT2D eigenvalue weighted by Crippen LogP contribution is -2.13. The minimum Gasteiger partial charge on any atom is -0.319 e. The van der Waals surface area contributed by atoms with Gasteiger partial charge in [0.2, 0.25) is 0 Å². The van der Waals surface area contributed by atoms with Crippen LogP contribution < -0.4 is 5.32 Å². The molecule has 2 N–H and O–H groups in total. The van der Waals surface area contributed by atoms with E-state index in [-0.39, 0.29) is 5.82 Å². The molecule has 1 heterocycles. The third-order valence-corrected chi connectivity index (χ3v) is 1.82. The third-order valence-electron chi connectivity index (χ3n) is 1.82. The Hall–Kier alpha value is -2.75. The molecule has 1 aromatic heterocycles. The maximum atomic E-state index is 11.5. The maximum Gasteiger partial charge on any atom is 0.297 e. The number of benzene rings is 1. The van der Waals surface area contributed by atoms with Crippen LogP contribution in [-0.2, 0) is 0 Å². The number of hydrogen-bond acceptors (Lipinski definition) is 5. The largest absolute Gasteiger partial charge is 0.319 e. The molecule has 78 valence electrons. The molecule has 1 amide bonds. The van der Waals surface area contributed by atoms with Crippen LogP contribution in [0, 0.1) is 11.3 Å². The zero-order chi connectivity index (χ0) is 11.4. The lowest BCUT2D eigenvalue weighted by Gasteiger charge is -2.01. The quantitative estimate of drug-likeness (QED) is 0.748. The predicted octanol–water partition coefficient (Wildman–Crippen LogP) is 0.324. The molecule has 16 heavy (non-hydrogen) atoms. The van der Waals surface area contributed by atoms with Crippen LogP contribution in [0.25, 0.3) is 0 Å². The summed E-state index contributed by atoms with van der Waals surface area (Å²) in [5.74, 6) is -0.497. The van der Waals surface area contributed by atoms with Crippen LogP contribution in [0.1, 0.15) is 16.2 Å². The summed E-state index contributed by atoms with van der Waals surface area (Å²) in [4.78, 5) is 11.5. The fraction of sp³-hybridized carbons (Fsp3) is 0. The van der Waals surface area contributed by atoms with Gasteiger partial charge in [0, 0.05) is 5.69 Å². The van der Waals surface area contributed by atoms with Crippen molar-refractivity contribution in [3.63, 3.8) is 0 Å². The van der Waals surface area contributed by atoms with Crippen molar-refractivity contribution in [3.8, 4) is 6.07 Å². The van der Waals surface area contributed by atoms with E-state index < -0.39 is 5.91 Å². The highest BCUT2D eigenvalue weighted by Crippen LogP contribution is 2.09. The lowest BCUT2D eigenvalue weighted by atomic mass is 10.2. The Morgan fingerprint density at radius 3 is 2.69 bits per heavy atom. The smallest absolute Gasteiger partial charge is 0.297 e. The molecule has 0 aliphatic heterocycles. The molecule has 0 fully saturated rings. The molecule has 0 atom stereocenters. The number of anilines is 1. The number of nitrogens with one attached hydrogen (secondary N) is 2. The third kappa shape index (κ3) is 2.01. The Bertz CT molecular complexity index is 524. The zero-order valence-corrected chi connectivity index (χ0v) is 8.01. The second kappa shape index (κ2) is 4.18. The summed E-state index contributed by atoms with van der Waals surface area (Å²) in [5.41, 5.74) is 1.09. The number of amides is 1. The molecule has 7 heteroatoms. The van der Waals surface area contributed by atoms with Crippen molar-refractivity contribution in [3.05, 3.63) is 35.7 Å². The number of rotatable bonds is 2. The monoisotopic (exact) mass is 214 g/mol. The number of aromatic nitrogens is 4. The molecule has 7 nitrogen and oxygen atoms in total. The number of H-pyrrole nitrogens is 1. The second-order valence-electron chi connectivity index (χ2n) is 2.88. The Morgan fingerprint density at radius 2 is 2.12 bits per heavy atom. The van der Waals surface area contributed by atoms with Gasteiger partial charge >= 0.3 is 0 Å². The van der Waals surface area contributed by atoms with E-state index in [4.69, 9.17) is 5.26 Å². The van der Waals surface area contributed by atoms with Crippen LogP contribution in [0.4, 0.5) is 5.69 Å². The molecular weight excluding hydrogens is 208 g/mol. The topological polar surface area (TPSA) is 107 Å². The van der Waals surface area contributed by atoms with Crippen molar-refractivity contribution in [2.75, 3.05) is 5.32 Å². The number of carbonyl (C=O) groups excluding carboxylic acids is 1. The molecule has 0 aliphatic rings. The van der Waals surface area contributed by atoms with E-state index in [1.54, 1.807) is 24.3 Å². The van der Waals surface area contributed by atoms with Crippen LogP contribution in [-0.4, -0.2) is 26.5 Å². The standard InChI is InChI=1S/C9H6N6O/c10-5-6-1-3-7(4-2-6)11-9(16)8-12-14-15-13-8/h1-4H,(H,11,16)(H,12,13,14,15). The first-order valence-electron chi connectivity index (χ1n) is 4.34. The van der Waals surface area contributed by atoms with Gasteiger partial charge in [0.1, 0.15) is 0 Å². The van der Waals surface area contributed by atoms with Crippen molar-refractivity contribution >= 4 is 11.6 Å².